The van der Waals surface area contributed by atoms with Crippen LogP contribution >= 0.6 is 0 Å². The van der Waals surface area contributed by atoms with Gasteiger partial charge in [0.2, 0.25) is 0 Å². The molecular weight excluding hydrogens is 288 g/mol. The smallest absolute Gasteiger partial charge is 0.262 e. The van der Waals surface area contributed by atoms with Gasteiger partial charge in [-0.25, -0.2) is 8.42 Å². The maximum Gasteiger partial charge on any atom is 0.262 e. The average Bonchev–Trinajstić information content (AvgIpc) is 2.94. The van der Waals surface area contributed by atoms with E-state index in [9.17, 15) is 8.42 Å². The van der Waals surface area contributed by atoms with Gasteiger partial charge < -0.3 is 5.32 Å². The van der Waals surface area contributed by atoms with Crippen molar-refractivity contribution in [3.8, 4) is 0 Å². The van der Waals surface area contributed by atoms with Crippen molar-refractivity contribution in [2.24, 2.45) is 11.8 Å². The summed E-state index contributed by atoms with van der Waals surface area (Å²) in [5.74, 6) is 1.12. The molecule has 0 aliphatic heterocycles. The zero-order chi connectivity index (χ0) is 15.8. The van der Waals surface area contributed by atoms with E-state index < -0.39 is 10.0 Å². The Hall–Kier alpha value is -0.920. The fraction of sp³-hybridized carbons (Fsp3) is 0.786. The van der Waals surface area contributed by atoms with Crippen LogP contribution in [0.4, 0.5) is 0 Å². The first kappa shape index (κ1) is 16.5. The topological polar surface area (TPSA) is 78.1 Å². The van der Waals surface area contributed by atoms with Gasteiger partial charge in [0.15, 0.2) is 5.03 Å². The molecule has 1 aromatic heterocycles. The van der Waals surface area contributed by atoms with E-state index in [1.165, 1.54) is 4.31 Å². The Morgan fingerprint density at radius 1 is 1.48 bits per heavy atom. The molecule has 2 N–H and O–H groups in total. The molecule has 1 heterocycles. The maximum absolute atomic E-state index is 12.7. The molecule has 1 fully saturated rings. The van der Waals surface area contributed by atoms with Crippen LogP contribution in [0.5, 0.6) is 0 Å². The highest BCUT2D eigenvalue weighted by Crippen LogP contribution is 2.38. The lowest BCUT2D eigenvalue weighted by molar-refractivity contribution is 0.441. The number of H-pyrrole nitrogens is 1. The number of sulfonamides is 1. The van der Waals surface area contributed by atoms with Gasteiger partial charge in [-0.2, -0.15) is 9.40 Å². The second kappa shape index (κ2) is 6.06. The van der Waals surface area contributed by atoms with Gasteiger partial charge in [0, 0.05) is 37.4 Å². The molecule has 2 atom stereocenters. The lowest BCUT2D eigenvalue weighted by atomic mass is 10.2. The third kappa shape index (κ3) is 3.64. The monoisotopic (exact) mass is 314 g/mol. The zero-order valence-corrected chi connectivity index (χ0v) is 14.3. The van der Waals surface area contributed by atoms with Crippen molar-refractivity contribution in [1.29, 1.82) is 0 Å². The van der Waals surface area contributed by atoms with E-state index >= 15 is 0 Å². The fourth-order valence-electron chi connectivity index (χ4n) is 2.39. The van der Waals surface area contributed by atoms with E-state index in [-0.39, 0.29) is 5.03 Å². The Bertz CT molecular complexity index is 594. The first-order chi connectivity index (χ1) is 9.73. The summed E-state index contributed by atoms with van der Waals surface area (Å²) >= 11 is 0. The van der Waals surface area contributed by atoms with E-state index in [0.29, 0.717) is 31.0 Å². The predicted octanol–water partition coefficient (Wildman–Crippen LogP) is 1.49. The second-order valence-corrected chi connectivity index (χ2v) is 8.39. The summed E-state index contributed by atoms with van der Waals surface area (Å²) in [5.41, 5.74) is 1.54. The largest absolute Gasteiger partial charge is 0.310 e. The third-order valence-corrected chi connectivity index (χ3v) is 5.94. The van der Waals surface area contributed by atoms with Crippen molar-refractivity contribution in [2.75, 3.05) is 13.6 Å². The first-order valence-corrected chi connectivity index (χ1v) is 8.91. The van der Waals surface area contributed by atoms with E-state index in [2.05, 4.69) is 22.4 Å². The summed E-state index contributed by atoms with van der Waals surface area (Å²) in [4.78, 5) is 0. The van der Waals surface area contributed by atoms with E-state index in [1.807, 2.05) is 20.8 Å². The van der Waals surface area contributed by atoms with Crippen LogP contribution in [0.1, 0.15) is 38.4 Å². The number of aromatic amines is 1. The van der Waals surface area contributed by atoms with Gasteiger partial charge in [-0.3, -0.25) is 5.10 Å². The number of nitrogens with zero attached hydrogens (tertiary/aromatic N) is 2. The minimum Gasteiger partial charge on any atom is -0.310 e. The molecule has 7 heteroatoms. The quantitative estimate of drug-likeness (QED) is 0.799. The van der Waals surface area contributed by atoms with Gasteiger partial charge in [-0.15, -0.1) is 0 Å². The number of nitrogens with one attached hydrogen (secondary N) is 2. The van der Waals surface area contributed by atoms with Crippen LogP contribution in [0.3, 0.4) is 0 Å². The standard InChI is InChI=1S/C14H26N4O2S/c1-9(2)15-7-13-11(4)16-17-14(13)21(19,20)18(5)8-12-6-10(12)3/h9-10,12,15H,6-8H2,1-5H3,(H,16,17). The molecule has 0 aromatic carbocycles. The summed E-state index contributed by atoms with van der Waals surface area (Å²) in [7, 11) is -1.88. The van der Waals surface area contributed by atoms with Gasteiger partial charge in [-0.05, 0) is 25.2 Å². The minimum absolute atomic E-state index is 0.156. The third-order valence-electron chi connectivity index (χ3n) is 4.15. The molecule has 21 heavy (non-hydrogen) atoms. The molecule has 0 bridgehead atoms. The van der Waals surface area contributed by atoms with Gasteiger partial charge in [-0.1, -0.05) is 20.8 Å². The highest BCUT2D eigenvalue weighted by molar-refractivity contribution is 7.89. The number of hydrogen-bond acceptors (Lipinski definition) is 4. The molecule has 1 aromatic rings. The van der Waals surface area contributed by atoms with E-state index in [1.54, 1.807) is 7.05 Å². The molecule has 120 valence electrons. The van der Waals surface area contributed by atoms with Gasteiger partial charge in [0.1, 0.15) is 0 Å². The van der Waals surface area contributed by atoms with Gasteiger partial charge in [0.05, 0.1) is 0 Å². The minimum atomic E-state index is -3.52. The van der Waals surface area contributed by atoms with Crippen LogP contribution in [0, 0.1) is 18.8 Å². The van der Waals surface area contributed by atoms with Gasteiger partial charge >= 0.3 is 0 Å². The summed E-state index contributed by atoms with van der Waals surface area (Å²) in [6, 6.07) is 0.292. The molecule has 6 nitrogen and oxygen atoms in total. The molecule has 1 saturated carbocycles. The lowest BCUT2D eigenvalue weighted by Gasteiger charge is -2.17. The molecule has 1 aliphatic carbocycles. The normalized spacial score (nSPS) is 22.2. The summed E-state index contributed by atoms with van der Waals surface area (Å²) < 4.78 is 26.8. The second-order valence-electron chi connectivity index (χ2n) is 6.43. The highest BCUT2D eigenvalue weighted by Gasteiger charge is 2.37. The number of rotatable bonds is 7. The number of aryl methyl sites for hydroxylation is 1. The SMILES string of the molecule is Cc1[nH]nc(S(=O)(=O)N(C)CC2CC2C)c1CNC(C)C. The lowest BCUT2D eigenvalue weighted by Crippen LogP contribution is -2.31. The van der Waals surface area contributed by atoms with Crippen molar-refractivity contribution < 1.29 is 8.42 Å². The Kier molecular flexibility index (Phi) is 4.75. The molecule has 1 aliphatic rings. The van der Waals surface area contributed by atoms with Crippen LogP contribution in [-0.2, 0) is 16.6 Å². The number of aromatic nitrogens is 2. The summed E-state index contributed by atoms with van der Waals surface area (Å²) in [6.07, 6.45) is 1.11. The summed E-state index contributed by atoms with van der Waals surface area (Å²) in [6.45, 7) is 9.15. The maximum atomic E-state index is 12.7. The highest BCUT2D eigenvalue weighted by atomic mass is 32.2. The Morgan fingerprint density at radius 2 is 2.10 bits per heavy atom. The van der Waals surface area contributed by atoms with Crippen LogP contribution in [0.15, 0.2) is 5.03 Å². The van der Waals surface area contributed by atoms with Crippen molar-refractivity contribution in [3.63, 3.8) is 0 Å². The van der Waals surface area contributed by atoms with Gasteiger partial charge in [0.25, 0.3) is 10.0 Å². The first-order valence-electron chi connectivity index (χ1n) is 7.47. The van der Waals surface area contributed by atoms with E-state index in [0.717, 1.165) is 17.7 Å². The molecule has 0 radical (unpaired) electrons. The molecule has 2 rings (SSSR count). The molecule has 0 amide bonds. The number of hydrogen-bond donors (Lipinski definition) is 2. The molecule has 0 spiro atoms. The van der Waals surface area contributed by atoms with Crippen LogP contribution < -0.4 is 5.32 Å². The Labute approximate surface area is 127 Å². The zero-order valence-electron chi connectivity index (χ0n) is 13.5. The van der Waals surface area contributed by atoms with Crippen LogP contribution in [0.25, 0.3) is 0 Å². The Morgan fingerprint density at radius 3 is 2.62 bits per heavy atom. The van der Waals surface area contributed by atoms with Crippen molar-refractivity contribution >= 4 is 10.0 Å². The van der Waals surface area contributed by atoms with Crippen molar-refractivity contribution in [3.05, 3.63) is 11.3 Å². The Balaban J connectivity index is 2.19. The molecule has 0 saturated heterocycles. The predicted molar refractivity (Wildman–Crippen MR) is 82.4 cm³/mol. The average molecular weight is 314 g/mol. The van der Waals surface area contributed by atoms with Crippen molar-refractivity contribution in [2.45, 2.75) is 51.7 Å². The van der Waals surface area contributed by atoms with E-state index in [4.69, 9.17) is 0 Å². The fourth-order valence-corrected chi connectivity index (χ4v) is 3.77. The van der Waals surface area contributed by atoms with Crippen LogP contribution in [-0.4, -0.2) is 42.6 Å². The van der Waals surface area contributed by atoms with Crippen molar-refractivity contribution in [1.82, 2.24) is 19.8 Å². The molecular formula is C14H26N4O2S. The van der Waals surface area contributed by atoms with Crippen LogP contribution in [0.2, 0.25) is 0 Å². The molecule has 2 unspecified atom stereocenters. The summed E-state index contributed by atoms with van der Waals surface area (Å²) in [5, 5.41) is 10.3.